The van der Waals surface area contributed by atoms with Crippen LogP contribution in [0.5, 0.6) is 0 Å². The Kier molecular flexibility index (Phi) is 5.24. The molecule has 0 fully saturated rings. The van der Waals surface area contributed by atoms with Crippen LogP contribution in [-0.2, 0) is 0 Å². The molecular weight excluding hydrogens is 246 g/mol. The minimum Gasteiger partial charge on any atom is -0.459 e. The van der Waals surface area contributed by atoms with Gasteiger partial charge in [-0.3, -0.25) is 0 Å². The first-order valence-electron chi connectivity index (χ1n) is 7.83. The summed E-state index contributed by atoms with van der Waals surface area (Å²) in [6, 6.07) is 8.92. The van der Waals surface area contributed by atoms with E-state index in [1.807, 2.05) is 0 Å². The molecule has 0 bridgehead atoms. The van der Waals surface area contributed by atoms with Crippen molar-refractivity contribution in [2.75, 3.05) is 6.54 Å². The molecule has 0 amide bonds. The standard InChI is InChI=1S/C18H27NO/c1-5-19-16(8-6-7-13(2)3)18-12-15-11-14(4)9-10-17(15)20-18/h9-13,16,19H,5-8H2,1-4H3. The molecule has 1 unspecified atom stereocenters. The molecule has 2 aromatic rings. The lowest BCUT2D eigenvalue weighted by atomic mass is 10.0. The second-order valence-corrected chi connectivity index (χ2v) is 6.13. The van der Waals surface area contributed by atoms with E-state index in [1.165, 1.54) is 23.8 Å². The third-order valence-electron chi connectivity index (χ3n) is 3.76. The van der Waals surface area contributed by atoms with E-state index in [9.17, 15) is 0 Å². The van der Waals surface area contributed by atoms with Crippen molar-refractivity contribution in [1.82, 2.24) is 5.32 Å². The summed E-state index contributed by atoms with van der Waals surface area (Å²) in [5, 5.41) is 4.77. The SMILES string of the molecule is CCNC(CCCC(C)C)c1cc2cc(C)ccc2o1. The maximum atomic E-state index is 6.03. The Balaban J connectivity index is 2.13. The molecule has 1 N–H and O–H groups in total. The predicted molar refractivity (Wildman–Crippen MR) is 86.1 cm³/mol. The lowest BCUT2D eigenvalue weighted by Crippen LogP contribution is -2.20. The molecule has 1 aromatic heterocycles. The van der Waals surface area contributed by atoms with Crippen LogP contribution >= 0.6 is 0 Å². The first-order chi connectivity index (χ1) is 9.60. The molecule has 1 aromatic carbocycles. The molecule has 0 aliphatic heterocycles. The maximum absolute atomic E-state index is 6.03. The van der Waals surface area contributed by atoms with E-state index >= 15 is 0 Å². The van der Waals surface area contributed by atoms with Gasteiger partial charge in [-0.25, -0.2) is 0 Å². The molecule has 0 aliphatic carbocycles. The van der Waals surface area contributed by atoms with Gasteiger partial charge in [-0.15, -0.1) is 0 Å². The number of hydrogen-bond acceptors (Lipinski definition) is 2. The second-order valence-electron chi connectivity index (χ2n) is 6.13. The lowest BCUT2D eigenvalue weighted by molar-refractivity contribution is 0.394. The largest absolute Gasteiger partial charge is 0.459 e. The number of aryl methyl sites for hydroxylation is 1. The monoisotopic (exact) mass is 273 g/mol. The zero-order chi connectivity index (χ0) is 14.5. The first-order valence-corrected chi connectivity index (χ1v) is 7.83. The maximum Gasteiger partial charge on any atom is 0.134 e. The molecule has 20 heavy (non-hydrogen) atoms. The lowest BCUT2D eigenvalue weighted by Gasteiger charge is -2.15. The van der Waals surface area contributed by atoms with Crippen molar-refractivity contribution < 1.29 is 4.42 Å². The van der Waals surface area contributed by atoms with Gasteiger partial charge in [-0.05, 0) is 44.0 Å². The van der Waals surface area contributed by atoms with Gasteiger partial charge in [-0.2, -0.15) is 0 Å². The molecule has 2 nitrogen and oxygen atoms in total. The van der Waals surface area contributed by atoms with Gasteiger partial charge in [0.1, 0.15) is 11.3 Å². The van der Waals surface area contributed by atoms with E-state index in [0.29, 0.717) is 6.04 Å². The molecule has 2 rings (SSSR count). The van der Waals surface area contributed by atoms with Gasteiger partial charge in [0.15, 0.2) is 0 Å². The highest BCUT2D eigenvalue weighted by Crippen LogP contribution is 2.28. The van der Waals surface area contributed by atoms with Crippen molar-refractivity contribution in [3.63, 3.8) is 0 Å². The van der Waals surface area contributed by atoms with Crippen LogP contribution in [0, 0.1) is 12.8 Å². The van der Waals surface area contributed by atoms with Crippen molar-refractivity contribution >= 4 is 11.0 Å². The van der Waals surface area contributed by atoms with E-state index in [-0.39, 0.29) is 0 Å². The molecule has 1 atom stereocenters. The van der Waals surface area contributed by atoms with Gasteiger partial charge < -0.3 is 9.73 Å². The average molecular weight is 273 g/mol. The fourth-order valence-corrected chi connectivity index (χ4v) is 2.68. The highest BCUT2D eigenvalue weighted by molar-refractivity contribution is 5.78. The molecule has 2 heteroatoms. The Morgan fingerprint density at radius 2 is 1.95 bits per heavy atom. The fraction of sp³-hybridized carbons (Fsp3) is 0.556. The minimum absolute atomic E-state index is 0.339. The van der Waals surface area contributed by atoms with Crippen molar-refractivity contribution in [2.24, 2.45) is 5.92 Å². The molecule has 0 saturated carbocycles. The molecular formula is C18H27NO. The summed E-state index contributed by atoms with van der Waals surface area (Å²) in [5.74, 6) is 1.85. The van der Waals surface area contributed by atoms with Crippen LogP contribution in [0.4, 0.5) is 0 Å². The highest BCUT2D eigenvalue weighted by Gasteiger charge is 2.15. The quantitative estimate of drug-likeness (QED) is 0.748. The van der Waals surface area contributed by atoms with E-state index in [4.69, 9.17) is 4.42 Å². The third-order valence-corrected chi connectivity index (χ3v) is 3.76. The van der Waals surface area contributed by atoms with Crippen LogP contribution in [0.25, 0.3) is 11.0 Å². The molecule has 0 aliphatic rings. The smallest absolute Gasteiger partial charge is 0.134 e. The Hall–Kier alpha value is -1.28. The average Bonchev–Trinajstić information content (AvgIpc) is 2.80. The van der Waals surface area contributed by atoms with Crippen LogP contribution in [0.15, 0.2) is 28.7 Å². The molecule has 110 valence electrons. The second kappa shape index (κ2) is 6.94. The van der Waals surface area contributed by atoms with Gasteiger partial charge in [-0.1, -0.05) is 45.2 Å². The summed E-state index contributed by atoms with van der Waals surface area (Å²) in [6.45, 7) is 9.82. The summed E-state index contributed by atoms with van der Waals surface area (Å²) in [4.78, 5) is 0. The predicted octanol–water partition coefficient (Wildman–Crippen LogP) is 5.22. The number of nitrogens with one attached hydrogen (secondary N) is 1. The Labute approximate surface area is 122 Å². The van der Waals surface area contributed by atoms with Gasteiger partial charge in [0.2, 0.25) is 0 Å². The molecule has 0 spiro atoms. The van der Waals surface area contributed by atoms with Crippen LogP contribution in [0.2, 0.25) is 0 Å². The van der Waals surface area contributed by atoms with Gasteiger partial charge in [0.25, 0.3) is 0 Å². The van der Waals surface area contributed by atoms with Gasteiger partial charge in [0, 0.05) is 5.39 Å². The number of hydrogen-bond donors (Lipinski definition) is 1. The Morgan fingerprint density at radius 3 is 2.65 bits per heavy atom. The van der Waals surface area contributed by atoms with E-state index in [1.54, 1.807) is 0 Å². The van der Waals surface area contributed by atoms with Crippen LogP contribution < -0.4 is 5.32 Å². The number of furan rings is 1. The topological polar surface area (TPSA) is 25.2 Å². The van der Waals surface area contributed by atoms with Crippen molar-refractivity contribution in [3.8, 4) is 0 Å². The van der Waals surface area contributed by atoms with Crippen LogP contribution in [0.3, 0.4) is 0 Å². The highest BCUT2D eigenvalue weighted by atomic mass is 16.3. The van der Waals surface area contributed by atoms with Crippen molar-refractivity contribution in [3.05, 3.63) is 35.6 Å². The van der Waals surface area contributed by atoms with Crippen molar-refractivity contribution in [2.45, 2.75) is 53.0 Å². The van der Waals surface area contributed by atoms with E-state index in [2.05, 4.69) is 57.3 Å². The van der Waals surface area contributed by atoms with E-state index in [0.717, 1.165) is 30.2 Å². The summed E-state index contributed by atoms with van der Waals surface area (Å²) in [5.41, 5.74) is 2.28. The van der Waals surface area contributed by atoms with Gasteiger partial charge in [0.05, 0.1) is 6.04 Å². The summed E-state index contributed by atoms with van der Waals surface area (Å²) in [7, 11) is 0. The number of rotatable bonds is 7. The normalized spacial score (nSPS) is 13.2. The molecule has 0 saturated heterocycles. The summed E-state index contributed by atoms with van der Waals surface area (Å²) < 4.78 is 6.03. The van der Waals surface area contributed by atoms with E-state index < -0.39 is 0 Å². The zero-order valence-electron chi connectivity index (χ0n) is 13.2. The fourth-order valence-electron chi connectivity index (χ4n) is 2.68. The summed E-state index contributed by atoms with van der Waals surface area (Å²) >= 11 is 0. The molecule has 1 heterocycles. The van der Waals surface area contributed by atoms with Gasteiger partial charge >= 0.3 is 0 Å². The molecule has 0 radical (unpaired) electrons. The van der Waals surface area contributed by atoms with Crippen molar-refractivity contribution in [1.29, 1.82) is 0 Å². The minimum atomic E-state index is 0.339. The third kappa shape index (κ3) is 3.86. The zero-order valence-corrected chi connectivity index (χ0v) is 13.2. The Bertz CT molecular complexity index is 541. The first kappa shape index (κ1) is 15.1. The number of benzene rings is 1. The Morgan fingerprint density at radius 1 is 1.15 bits per heavy atom. The van der Waals surface area contributed by atoms with Crippen LogP contribution in [0.1, 0.15) is 57.4 Å². The summed E-state index contributed by atoms with van der Waals surface area (Å²) in [6.07, 6.45) is 3.66. The number of fused-ring (bicyclic) bond motifs is 1. The van der Waals surface area contributed by atoms with Crippen LogP contribution in [-0.4, -0.2) is 6.54 Å².